The van der Waals surface area contributed by atoms with Crippen LogP contribution in [0.3, 0.4) is 0 Å². The maximum Gasteiger partial charge on any atom is 0.233 e. The molecule has 88 valence electrons. The van der Waals surface area contributed by atoms with Crippen LogP contribution in [0, 0.1) is 0 Å². The van der Waals surface area contributed by atoms with Gasteiger partial charge in [-0.25, -0.2) is 0 Å². The molecular weight excluding hydrogens is 220 g/mol. The van der Waals surface area contributed by atoms with Gasteiger partial charge in [0, 0.05) is 17.1 Å². The average Bonchev–Trinajstić information content (AvgIpc) is 2.13. The number of anilines is 6. The number of nitrogens with zero attached hydrogens (tertiary/aromatic N) is 3. The van der Waals surface area contributed by atoms with Crippen LogP contribution in [-0.2, 0) is 0 Å². The van der Waals surface area contributed by atoms with Gasteiger partial charge in [-0.05, 0) is 18.2 Å². The zero-order valence-electron chi connectivity index (χ0n) is 8.88. The number of benzene rings is 1. The van der Waals surface area contributed by atoms with Crippen molar-refractivity contribution in [1.82, 2.24) is 15.0 Å². The highest BCUT2D eigenvalue weighted by atomic mass is 15.2. The molecule has 0 fully saturated rings. The topological polar surface area (TPSA) is 155 Å². The molecule has 1 aromatic heterocycles. The number of aromatic nitrogens is 3. The van der Waals surface area contributed by atoms with E-state index in [1.54, 1.807) is 18.2 Å². The fourth-order valence-electron chi connectivity index (χ4n) is 1.34. The molecule has 17 heavy (non-hydrogen) atoms. The Hall–Kier alpha value is -2.77. The predicted octanol–water partition coefficient (Wildman–Crippen LogP) is -0.0560. The van der Waals surface area contributed by atoms with Crippen LogP contribution in [0.15, 0.2) is 18.2 Å². The van der Waals surface area contributed by atoms with Crippen LogP contribution in [0.4, 0.5) is 34.9 Å². The van der Waals surface area contributed by atoms with Crippen LogP contribution in [-0.4, -0.2) is 15.0 Å². The summed E-state index contributed by atoms with van der Waals surface area (Å²) in [5, 5.41) is 2.88. The quantitative estimate of drug-likeness (QED) is 0.451. The molecule has 0 bridgehead atoms. The maximum atomic E-state index is 5.65. The van der Waals surface area contributed by atoms with E-state index in [1.807, 2.05) is 0 Å². The second-order valence-corrected chi connectivity index (χ2v) is 3.39. The zero-order chi connectivity index (χ0) is 12.4. The third kappa shape index (κ3) is 2.62. The van der Waals surface area contributed by atoms with Gasteiger partial charge in [-0.1, -0.05) is 0 Å². The highest BCUT2D eigenvalue weighted by Gasteiger charge is 2.03. The molecule has 1 heterocycles. The molecule has 8 nitrogen and oxygen atoms in total. The van der Waals surface area contributed by atoms with E-state index < -0.39 is 0 Å². The third-order valence-corrected chi connectivity index (χ3v) is 1.90. The normalized spacial score (nSPS) is 10.1. The van der Waals surface area contributed by atoms with Gasteiger partial charge in [-0.3, -0.25) is 0 Å². The fraction of sp³-hybridized carbons (Fsp3) is 0. The Kier molecular flexibility index (Phi) is 2.53. The molecule has 0 spiro atoms. The standard InChI is InChI=1S/C9H12N8/c10-4-1-5(11)3-6(2-4)14-9-16-7(12)15-8(13)17-9/h1-3H,10-11H2,(H5,12,13,14,15,16,17). The molecule has 0 aliphatic carbocycles. The smallest absolute Gasteiger partial charge is 0.233 e. The minimum Gasteiger partial charge on any atom is -0.399 e. The second-order valence-electron chi connectivity index (χ2n) is 3.39. The predicted molar refractivity (Wildman–Crippen MR) is 67.2 cm³/mol. The molecule has 0 aliphatic rings. The molecule has 0 radical (unpaired) electrons. The van der Waals surface area contributed by atoms with Gasteiger partial charge in [0.1, 0.15) is 0 Å². The number of nitrogen functional groups attached to an aromatic ring is 4. The summed E-state index contributed by atoms with van der Waals surface area (Å²) in [5.41, 5.74) is 23.9. The van der Waals surface area contributed by atoms with Crippen molar-refractivity contribution in [3.63, 3.8) is 0 Å². The molecule has 0 unspecified atom stereocenters. The number of hydrogen-bond acceptors (Lipinski definition) is 8. The summed E-state index contributed by atoms with van der Waals surface area (Å²) in [4.78, 5) is 11.4. The second kappa shape index (κ2) is 4.00. The van der Waals surface area contributed by atoms with Gasteiger partial charge in [-0.15, -0.1) is 0 Å². The molecule has 0 saturated heterocycles. The molecule has 1 aromatic carbocycles. The number of nitrogens with two attached hydrogens (primary N) is 4. The van der Waals surface area contributed by atoms with Gasteiger partial charge in [-0.2, -0.15) is 15.0 Å². The molecule has 0 atom stereocenters. The minimum absolute atomic E-state index is 0.0388. The summed E-state index contributed by atoms with van der Waals surface area (Å²) in [5.74, 6) is 0.314. The Bertz CT molecular complexity index is 463. The first-order valence-electron chi connectivity index (χ1n) is 4.73. The number of rotatable bonds is 2. The van der Waals surface area contributed by atoms with Gasteiger partial charge in [0.2, 0.25) is 17.8 Å². The van der Waals surface area contributed by atoms with Gasteiger partial charge < -0.3 is 28.3 Å². The Balaban J connectivity index is 2.31. The molecule has 8 heteroatoms. The summed E-state index contributed by atoms with van der Waals surface area (Å²) in [6.07, 6.45) is 0. The van der Waals surface area contributed by atoms with Crippen molar-refractivity contribution in [2.75, 3.05) is 28.3 Å². The molecule has 2 rings (SSSR count). The Morgan fingerprint density at radius 2 is 1.29 bits per heavy atom. The Morgan fingerprint density at radius 1 is 0.765 bits per heavy atom. The van der Waals surface area contributed by atoms with Crippen molar-refractivity contribution in [3.8, 4) is 0 Å². The highest BCUT2D eigenvalue weighted by Crippen LogP contribution is 2.20. The van der Waals surface area contributed by atoms with E-state index in [1.165, 1.54) is 0 Å². The number of hydrogen-bond donors (Lipinski definition) is 5. The van der Waals surface area contributed by atoms with Crippen LogP contribution >= 0.6 is 0 Å². The van der Waals surface area contributed by atoms with E-state index in [2.05, 4.69) is 20.3 Å². The Morgan fingerprint density at radius 3 is 1.82 bits per heavy atom. The van der Waals surface area contributed by atoms with Crippen LogP contribution in [0.2, 0.25) is 0 Å². The average molecular weight is 232 g/mol. The molecular formula is C9H12N8. The van der Waals surface area contributed by atoms with Crippen LogP contribution in [0.1, 0.15) is 0 Å². The van der Waals surface area contributed by atoms with Gasteiger partial charge in [0.05, 0.1) is 0 Å². The van der Waals surface area contributed by atoms with E-state index in [9.17, 15) is 0 Å². The molecule has 9 N–H and O–H groups in total. The monoisotopic (exact) mass is 232 g/mol. The maximum absolute atomic E-state index is 5.65. The van der Waals surface area contributed by atoms with Crippen LogP contribution in [0.25, 0.3) is 0 Å². The van der Waals surface area contributed by atoms with Crippen molar-refractivity contribution in [2.24, 2.45) is 0 Å². The Labute approximate surface area is 97.1 Å². The van der Waals surface area contributed by atoms with E-state index >= 15 is 0 Å². The van der Waals surface area contributed by atoms with E-state index in [0.717, 1.165) is 0 Å². The fourth-order valence-corrected chi connectivity index (χ4v) is 1.34. The van der Waals surface area contributed by atoms with Crippen molar-refractivity contribution in [3.05, 3.63) is 18.2 Å². The summed E-state index contributed by atoms with van der Waals surface area (Å²) in [6, 6.07) is 5.01. The van der Waals surface area contributed by atoms with Gasteiger partial charge >= 0.3 is 0 Å². The SMILES string of the molecule is Nc1cc(N)cc(Nc2nc(N)nc(N)n2)c1. The number of nitrogens with one attached hydrogen (secondary N) is 1. The lowest BCUT2D eigenvalue weighted by atomic mass is 10.2. The van der Waals surface area contributed by atoms with E-state index in [-0.39, 0.29) is 17.8 Å². The summed E-state index contributed by atoms with van der Waals surface area (Å²) in [7, 11) is 0. The lowest BCUT2D eigenvalue weighted by Crippen LogP contribution is -2.06. The van der Waals surface area contributed by atoms with Crippen molar-refractivity contribution in [2.45, 2.75) is 0 Å². The lowest BCUT2D eigenvalue weighted by Gasteiger charge is -2.07. The molecule has 2 aromatic rings. The summed E-state index contributed by atoms with van der Waals surface area (Å²) < 4.78 is 0. The van der Waals surface area contributed by atoms with Crippen molar-refractivity contribution >= 4 is 34.9 Å². The van der Waals surface area contributed by atoms with Crippen molar-refractivity contribution < 1.29 is 0 Å². The van der Waals surface area contributed by atoms with E-state index in [4.69, 9.17) is 22.9 Å². The third-order valence-electron chi connectivity index (χ3n) is 1.90. The van der Waals surface area contributed by atoms with Crippen LogP contribution in [0.5, 0.6) is 0 Å². The summed E-state index contributed by atoms with van der Waals surface area (Å²) >= 11 is 0. The zero-order valence-corrected chi connectivity index (χ0v) is 8.88. The minimum atomic E-state index is 0.0388. The first-order valence-corrected chi connectivity index (χ1v) is 4.73. The van der Waals surface area contributed by atoms with Crippen molar-refractivity contribution in [1.29, 1.82) is 0 Å². The molecule has 0 saturated carbocycles. The largest absolute Gasteiger partial charge is 0.399 e. The molecule has 0 aliphatic heterocycles. The summed E-state index contributed by atoms with van der Waals surface area (Å²) in [6.45, 7) is 0. The molecule has 0 amide bonds. The van der Waals surface area contributed by atoms with Gasteiger partial charge in [0.15, 0.2) is 0 Å². The first-order chi connectivity index (χ1) is 8.02. The van der Waals surface area contributed by atoms with E-state index in [0.29, 0.717) is 17.1 Å². The van der Waals surface area contributed by atoms with Gasteiger partial charge in [0.25, 0.3) is 0 Å². The first kappa shape index (κ1) is 10.7. The highest BCUT2D eigenvalue weighted by molar-refractivity contribution is 5.67. The van der Waals surface area contributed by atoms with Crippen LogP contribution < -0.4 is 28.3 Å². The lowest BCUT2D eigenvalue weighted by molar-refractivity contribution is 1.08.